The van der Waals surface area contributed by atoms with Crippen molar-refractivity contribution >= 4 is 11.8 Å². The average Bonchev–Trinajstić information content (AvgIpc) is 3.49. The fourth-order valence-electron chi connectivity index (χ4n) is 3.60. The number of aromatic nitrogens is 2. The molecule has 1 aliphatic carbocycles. The van der Waals surface area contributed by atoms with Gasteiger partial charge in [-0.1, -0.05) is 38.1 Å². The molecular formula is C21H25N5O2. The van der Waals surface area contributed by atoms with E-state index in [4.69, 9.17) is 0 Å². The number of rotatable bonds is 5. The van der Waals surface area contributed by atoms with Crippen molar-refractivity contribution in [2.24, 2.45) is 0 Å². The van der Waals surface area contributed by atoms with Gasteiger partial charge in [-0.25, -0.2) is 9.97 Å². The Morgan fingerprint density at radius 2 is 1.86 bits per heavy atom. The van der Waals surface area contributed by atoms with Crippen LogP contribution in [0.3, 0.4) is 0 Å². The van der Waals surface area contributed by atoms with Crippen LogP contribution in [0.2, 0.25) is 0 Å². The SMILES string of the molecule is CC(C)c1ccc(C2(NC(=O)C3CC(=O)NC(c4ncccn4)N3)CC2)cc1. The quantitative estimate of drug-likeness (QED) is 0.737. The predicted octanol–water partition coefficient (Wildman–Crippen LogP) is 1.88. The number of benzene rings is 1. The minimum atomic E-state index is -0.616. The summed E-state index contributed by atoms with van der Waals surface area (Å²) < 4.78 is 0. The molecule has 3 N–H and O–H groups in total. The summed E-state index contributed by atoms with van der Waals surface area (Å²) >= 11 is 0. The van der Waals surface area contributed by atoms with Gasteiger partial charge in [0.05, 0.1) is 18.0 Å². The number of nitrogens with zero attached hydrogens (tertiary/aromatic N) is 2. The maximum atomic E-state index is 12.9. The van der Waals surface area contributed by atoms with Gasteiger partial charge in [-0.15, -0.1) is 0 Å². The normalized spacial score (nSPS) is 23.2. The standard InChI is InChI=1S/C21H25N5O2/c1-13(2)14-4-6-15(7-5-14)21(8-9-21)26-20(28)16-12-17(27)25-19(24-16)18-22-10-3-11-23-18/h3-7,10-11,13,16,19,24H,8-9,12H2,1-2H3,(H,25,27)(H,26,28). The monoisotopic (exact) mass is 379 g/mol. The molecule has 0 radical (unpaired) electrons. The van der Waals surface area contributed by atoms with E-state index < -0.39 is 12.2 Å². The van der Waals surface area contributed by atoms with Crippen molar-refractivity contribution in [3.8, 4) is 0 Å². The highest BCUT2D eigenvalue weighted by atomic mass is 16.2. The first kappa shape index (κ1) is 18.6. The van der Waals surface area contributed by atoms with Crippen LogP contribution in [0.1, 0.15) is 62.1 Å². The Morgan fingerprint density at radius 3 is 2.46 bits per heavy atom. The minimum absolute atomic E-state index is 0.0948. The van der Waals surface area contributed by atoms with Crippen LogP contribution in [0.15, 0.2) is 42.7 Å². The van der Waals surface area contributed by atoms with Crippen molar-refractivity contribution in [3.63, 3.8) is 0 Å². The van der Waals surface area contributed by atoms with Gasteiger partial charge in [0.15, 0.2) is 5.82 Å². The lowest BCUT2D eigenvalue weighted by Crippen LogP contribution is -2.57. The molecule has 2 heterocycles. The summed E-state index contributed by atoms with van der Waals surface area (Å²) in [4.78, 5) is 33.4. The van der Waals surface area contributed by atoms with Gasteiger partial charge in [0, 0.05) is 12.4 Å². The zero-order chi connectivity index (χ0) is 19.7. The first-order valence-corrected chi connectivity index (χ1v) is 9.72. The van der Waals surface area contributed by atoms with Gasteiger partial charge in [-0.2, -0.15) is 0 Å². The molecule has 1 saturated heterocycles. The highest BCUT2D eigenvalue weighted by molar-refractivity contribution is 5.90. The molecule has 1 saturated carbocycles. The Labute approximate surface area is 164 Å². The first-order valence-electron chi connectivity index (χ1n) is 9.72. The number of nitrogens with one attached hydrogen (secondary N) is 3. The highest BCUT2D eigenvalue weighted by Crippen LogP contribution is 2.45. The molecule has 1 aliphatic heterocycles. The zero-order valence-corrected chi connectivity index (χ0v) is 16.1. The van der Waals surface area contributed by atoms with Crippen molar-refractivity contribution in [1.29, 1.82) is 0 Å². The molecule has 1 aromatic carbocycles. The van der Waals surface area contributed by atoms with Crippen molar-refractivity contribution in [1.82, 2.24) is 25.9 Å². The molecule has 7 heteroatoms. The maximum Gasteiger partial charge on any atom is 0.238 e. The zero-order valence-electron chi connectivity index (χ0n) is 16.1. The second-order valence-electron chi connectivity index (χ2n) is 7.88. The Kier molecular flexibility index (Phi) is 4.85. The number of carbonyl (C=O) groups is 2. The molecule has 1 aromatic heterocycles. The second-order valence-corrected chi connectivity index (χ2v) is 7.88. The van der Waals surface area contributed by atoms with Crippen LogP contribution in [0.5, 0.6) is 0 Å². The van der Waals surface area contributed by atoms with E-state index in [2.05, 4.69) is 64.0 Å². The van der Waals surface area contributed by atoms with Gasteiger partial charge in [0.25, 0.3) is 0 Å². The minimum Gasteiger partial charge on any atom is -0.345 e. The lowest BCUT2D eigenvalue weighted by Gasteiger charge is -2.31. The van der Waals surface area contributed by atoms with Crippen LogP contribution < -0.4 is 16.0 Å². The third-order valence-corrected chi connectivity index (χ3v) is 5.47. The van der Waals surface area contributed by atoms with Gasteiger partial charge in [0.1, 0.15) is 6.17 Å². The average molecular weight is 379 g/mol. The molecule has 4 rings (SSSR count). The fraction of sp³-hybridized carbons (Fsp3) is 0.429. The molecule has 7 nitrogen and oxygen atoms in total. The van der Waals surface area contributed by atoms with Gasteiger partial charge in [0.2, 0.25) is 11.8 Å². The number of hydrogen-bond donors (Lipinski definition) is 3. The van der Waals surface area contributed by atoms with Gasteiger partial charge in [-0.05, 0) is 36.0 Å². The summed E-state index contributed by atoms with van der Waals surface area (Å²) in [6.45, 7) is 4.33. The Balaban J connectivity index is 1.46. The van der Waals surface area contributed by atoms with E-state index in [1.165, 1.54) is 5.56 Å². The Morgan fingerprint density at radius 1 is 1.18 bits per heavy atom. The summed E-state index contributed by atoms with van der Waals surface area (Å²) in [6, 6.07) is 9.55. The molecule has 0 spiro atoms. The molecule has 2 fully saturated rings. The summed E-state index contributed by atoms with van der Waals surface area (Å²) in [5.74, 6) is 0.559. The predicted molar refractivity (Wildman–Crippen MR) is 104 cm³/mol. The second kappa shape index (κ2) is 7.31. The summed E-state index contributed by atoms with van der Waals surface area (Å²) in [6.07, 6.45) is 4.56. The third kappa shape index (κ3) is 3.75. The van der Waals surface area contributed by atoms with Crippen LogP contribution >= 0.6 is 0 Å². The fourth-order valence-corrected chi connectivity index (χ4v) is 3.60. The van der Waals surface area contributed by atoms with Crippen LogP contribution in [0.25, 0.3) is 0 Å². The third-order valence-electron chi connectivity index (χ3n) is 5.47. The van der Waals surface area contributed by atoms with E-state index in [-0.39, 0.29) is 23.8 Å². The van der Waals surface area contributed by atoms with Crippen LogP contribution in [0.4, 0.5) is 0 Å². The molecule has 2 atom stereocenters. The van der Waals surface area contributed by atoms with Crippen molar-refractivity contribution < 1.29 is 9.59 Å². The molecule has 2 aliphatic rings. The molecular weight excluding hydrogens is 354 g/mol. The highest BCUT2D eigenvalue weighted by Gasteiger charge is 2.47. The van der Waals surface area contributed by atoms with Crippen molar-refractivity contribution in [2.45, 2.75) is 56.8 Å². The molecule has 2 amide bonds. The maximum absolute atomic E-state index is 12.9. The smallest absolute Gasteiger partial charge is 0.238 e. The summed E-state index contributed by atoms with van der Waals surface area (Å²) in [7, 11) is 0. The molecule has 2 unspecified atom stereocenters. The lowest BCUT2D eigenvalue weighted by atomic mass is 9.97. The van der Waals surface area contributed by atoms with E-state index in [0.717, 1.165) is 18.4 Å². The molecule has 146 valence electrons. The molecule has 28 heavy (non-hydrogen) atoms. The van der Waals surface area contributed by atoms with E-state index in [1.807, 2.05) is 0 Å². The summed E-state index contributed by atoms with van der Waals surface area (Å²) in [5.41, 5.74) is 2.08. The van der Waals surface area contributed by atoms with E-state index in [1.54, 1.807) is 18.5 Å². The van der Waals surface area contributed by atoms with E-state index in [0.29, 0.717) is 11.7 Å². The van der Waals surface area contributed by atoms with Gasteiger partial charge in [-0.3, -0.25) is 14.9 Å². The first-order chi connectivity index (χ1) is 13.5. The Hall–Kier alpha value is -2.80. The number of carbonyl (C=O) groups excluding carboxylic acids is 2. The van der Waals surface area contributed by atoms with Gasteiger partial charge < -0.3 is 10.6 Å². The van der Waals surface area contributed by atoms with Crippen LogP contribution in [-0.2, 0) is 15.1 Å². The largest absolute Gasteiger partial charge is 0.345 e. The van der Waals surface area contributed by atoms with Crippen molar-refractivity contribution in [2.75, 3.05) is 0 Å². The molecule has 2 aromatic rings. The van der Waals surface area contributed by atoms with Crippen LogP contribution in [0, 0.1) is 0 Å². The number of hydrogen-bond acceptors (Lipinski definition) is 5. The number of amides is 2. The topological polar surface area (TPSA) is 96.0 Å². The Bertz CT molecular complexity index is 862. The lowest BCUT2D eigenvalue weighted by molar-refractivity contribution is -0.132. The van der Waals surface area contributed by atoms with Crippen LogP contribution in [-0.4, -0.2) is 27.8 Å². The summed E-state index contributed by atoms with van der Waals surface area (Å²) in [5, 5.41) is 9.12. The molecule has 0 bridgehead atoms. The van der Waals surface area contributed by atoms with Gasteiger partial charge >= 0.3 is 0 Å². The van der Waals surface area contributed by atoms with E-state index in [9.17, 15) is 9.59 Å². The van der Waals surface area contributed by atoms with E-state index >= 15 is 0 Å². The van der Waals surface area contributed by atoms with Crippen molar-refractivity contribution in [3.05, 3.63) is 59.7 Å².